The molecule has 0 unspecified atom stereocenters. The molecule has 0 heterocycles. The van der Waals surface area contributed by atoms with Crippen molar-refractivity contribution in [1.29, 1.82) is 0 Å². The van der Waals surface area contributed by atoms with Gasteiger partial charge in [0, 0.05) is 5.69 Å². The van der Waals surface area contributed by atoms with Gasteiger partial charge < -0.3 is 14.8 Å². The van der Waals surface area contributed by atoms with Crippen LogP contribution in [0.25, 0.3) is 0 Å². The Labute approximate surface area is 172 Å². The quantitative estimate of drug-likeness (QED) is 0.392. The Morgan fingerprint density at radius 3 is 2.50 bits per heavy atom. The van der Waals surface area contributed by atoms with Crippen LogP contribution in [0.4, 0.5) is 10.5 Å². The van der Waals surface area contributed by atoms with E-state index < -0.39 is 12.0 Å². The van der Waals surface area contributed by atoms with Crippen LogP contribution < -0.4 is 15.5 Å². The molecule has 28 heavy (non-hydrogen) atoms. The maximum atomic E-state index is 11.9. The Kier molecular flexibility index (Phi) is 8.10. The molecule has 2 N–H and O–H groups in total. The molecule has 7 nitrogen and oxygen atoms in total. The van der Waals surface area contributed by atoms with Gasteiger partial charge in [0.15, 0.2) is 12.4 Å². The minimum Gasteiger partial charge on any atom is -0.479 e. The Bertz CT molecular complexity index is 864. The SMILES string of the molecule is CCOC(=O)COc1c(Cl)cc(C=NNC(=O)Nc2ccccc2C)cc1Cl. The highest BCUT2D eigenvalue weighted by Crippen LogP contribution is 2.33. The van der Waals surface area contributed by atoms with Gasteiger partial charge in [-0.2, -0.15) is 5.10 Å². The first kappa shape index (κ1) is 21.5. The van der Waals surface area contributed by atoms with Crippen LogP contribution in [0.15, 0.2) is 41.5 Å². The zero-order valence-electron chi connectivity index (χ0n) is 15.3. The zero-order valence-corrected chi connectivity index (χ0v) is 16.8. The summed E-state index contributed by atoms with van der Waals surface area (Å²) in [5.74, 6) is -0.358. The number of esters is 1. The fourth-order valence-electron chi connectivity index (χ4n) is 2.15. The van der Waals surface area contributed by atoms with Crippen LogP contribution in [-0.4, -0.2) is 31.4 Å². The third-order valence-corrected chi connectivity index (χ3v) is 3.99. The number of ether oxygens (including phenoxy) is 2. The lowest BCUT2D eigenvalue weighted by molar-refractivity contribution is -0.145. The molecule has 0 atom stereocenters. The number of carbonyl (C=O) groups excluding carboxylic acids is 2. The van der Waals surface area contributed by atoms with Crippen LogP contribution in [0.5, 0.6) is 5.75 Å². The van der Waals surface area contributed by atoms with E-state index in [1.165, 1.54) is 6.21 Å². The van der Waals surface area contributed by atoms with E-state index in [2.05, 4.69) is 15.8 Å². The number of nitrogens with zero attached hydrogens (tertiary/aromatic N) is 1. The van der Waals surface area contributed by atoms with Crippen LogP contribution in [0.1, 0.15) is 18.1 Å². The number of hydrazone groups is 1. The average Bonchev–Trinajstić information content (AvgIpc) is 2.63. The minimum atomic E-state index is -0.524. The summed E-state index contributed by atoms with van der Waals surface area (Å²) in [5, 5.41) is 6.94. The second kappa shape index (κ2) is 10.5. The van der Waals surface area contributed by atoms with E-state index >= 15 is 0 Å². The maximum absolute atomic E-state index is 11.9. The zero-order chi connectivity index (χ0) is 20.5. The summed E-state index contributed by atoms with van der Waals surface area (Å²) in [6.07, 6.45) is 1.38. The number of urea groups is 1. The van der Waals surface area contributed by atoms with Crippen molar-refractivity contribution in [1.82, 2.24) is 5.43 Å². The van der Waals surface area contributed by atoms with Gasteiger partial charge in [0.25, 0.3) is 0 Å². The highest BCUT2D eigenvalue weighted by Gasteiger charge is 2.12. The number of nitrogens with one attached hydrogen (secondary N) is 2. The topological polar surface area (TPSA) is 89.0 Å². The molecular formula is C19H19Cl2N3O4. The number of hydrogen-bond donors (Lipinski definition) is 2. The predicted octanol–water partition coefficient (Wildman–Crippen LogP) is 4.40. The van der Waals surface area contributed by atoms with Crippen molar-refractivity contribution in [2.75, 3.05) is 18.5 Å². The molecule has 0 saturated carbocycles. The number of hydrogen-bond acceptors (Lipinski definition) is 5. The van der Waals surface area contributed by atoms with E-state index in [0.29, 0.717) is 11.3 Å². The summed E-state index contributed by atoms with van der Waals surface area (Å²) in [4.78, 5) is 23.3. The fraction of sp³-hybridized carbons (Fsp3) is 0.211. The molecule has 0 saturated heterocycles. The van der Waals surface area contributed by atoms with Gasteiger partial charge in [0.1, 0.15) is 0 Å². The lowest BCUT2D eigenvalue weighted by atomic mass is 10.2. The van der Waals surface area contributed by atoms with Gasteiger partial charge in [-0.15, -0.1) is 0 Å². The van der Waals surface area contributed by atoms with Gasteiger partial charge in [-0.1, -0.05) is 41.4 Å². The number of amides is 2. The first-order chi connectivity index (χ1) is 13.4. The Balaban J connectivity index is 1.95. The molecular weight excluding hydrogens is 405 g/mol. The fourth-order valence-corrected chi connectivity index (χ4v) is 2.77. The van der Waals surface area contributed by atoms with E-state index in [1.807, 2.05) is 25.1 Å². The third-order valence-electron chi connectivity index (χ3n) is 3.43. The second-order valence-electron chi connectivity index (χ2n) is 5.55. The van der Waals surface area contributed by atoms with Crippen molar-refractivity contribution in [2.45, 2.75) is 13.8 Å². The number of aryl methyl sites for hydroxylation is 1. The molecule has 0 bridgehead atoms. The standard InChI is InChI=1S/C19H19Cl2N3O4/c1-3-27-17(25)11-28-18-14(20)8-13(9-15(18)21)10-22-24-19(26)23-16-7-5-4-6-12(16)2/h4-10H,3,11H2,1-2H3,(H2,23,24,26). The van der Waals surface area contributed by atoms with Crippen LogP contribution in [0, 0.1) is 6.92 Å². The van der Waals surface area contributed by atoms with Crippen LogP contribution >= 0.6 is 23.2 Å². The monoisotopic (exact) mass is 423 g/mol. The molecule has 0 aliphatic carbocycles. The van der Waals surface area contributed by atoms with Gasteiger partial charge in [-0.25, -0.2) is 15.0 Å². The Morgan fingerprint density at radius 2 is 1.86 bits per heavy atom. The maximum Gasteiger partial charge on any atom is 0.344 e. The first-order valence-corrected chi connectivity index (χ1v) is 9.09. The van der Waals surface area contributed by atoms with Crippen molar-refractivity contribution in [3.63, 3.8) is 0 Å². The molecule has 2 amide bonds. The van der Waals surface area contributed by atoms with Crippen LogP contribution in [0.2, 0.25) is 10.0 Å². The van der Waals surface area contributed by atoms with Crippen molar-refractivity contribution >= 4 is 47.1 Å². The van der Waals surface area contributed by atoms with Crippen LogP contribution in [0.3, 0.4) is 0 Å². The molecule has 148 valence electrons. The van der Waals surface area contributed by atoms with Gasteiger partial charge in [-0.3, -0.25) is 0 Å². The van der Waals surface area contributed by atoms with Crippen molar-refractivity contribution in [3.05, 3.63) is 57.6 Å². The number of rotatable bonds is 7. The number of para-hydroxylation sites is 1. The number of halogens is 2. The van der Waals surface area contributed by atoms with E-state index in [9.17, 15) is 9.59 Å². The molecule has 9 heteroatoms. The molecule has 2 aromatic carbocycles. The molecule has 0 aliphatic rings. The predicted molar refractivity (Wildman–Crippen MR) is 110 cm³/mol. The number of anilines is 1. The van der Waals surface area contributed by atoms with Crippen molar-refractivity contribution in [3.8, 4) is 5.75 Å². The third kappa shape index (κ3) is 6.44. The van der Waals surface area contributed by atoms with E-state index in [4.69, 9.17) is 32.7 Å². The highest BCUT2D eigenvalue weighted by molar-refractivity contribution is 6.37. The van der Waals surface area contributed by atoms with Crippen LogP contribution in [-0.2, 0) is 9.53 Å². The molecule has 0 fully saturated rings. The molecule has 0 aromatic heterocycles. The summed E-state index contributed by atoms with van der Waals surface area (Å²) in [5.41, 5.74) is 4.51. The van der Waals surface area contributed by atoms with Gasteiger partial charge in [0.05, 0.1) is 22.9 Å². The average molecular weight is 424 g/mol. The molecule has 0 spiro atoms. The molecule has 2 aromatic rings. The summed E-state index contributed by atoms with van der Waals surface area (Å²) < 4.78 is 10.1. The highest BCUT2D eigenvalue weighted by atomic mass is 35.5. The summed E-state index contributed by atoms with van der Waals surface area (Å²) in [7, 11) is 0. The minimum absolute atomic E-state index is 0.166. The molecule has 2 rings (SSSR count). The smallest absolute Gasteiger partial charge is 0.344 e. The van der Waals surface area contributed by atoms with Crippen molar-refractivity contribution in [2.24, 2.45) is 5.10 Å². The Hall–Kier alpha value is -2.77. The van der Waals surface area contributed by atoms with E-state index in [1.54, 1.807) is 25.1 Å². The second-order valence-corrected chi connectivity index (χ2v) is 6.36. The van der Waals surface area contributed by atoms with Crippen molar-refractivity contribution < 1.29 is 19.1 Å². The molecule has 0 aliphatic heterocycles. The lowest BCUT2D eigenvalue weighted by Gasteiger charge is -2.10. The van der Waals surface area contributed by atoms with Gasteiger partial charge in [0.2, 0.25) is 0 Å². The summed E-state index contributed by atoms with van der Waals surface area (Å²) >= 11 is 12.3. The number of benzene rings is 2. The van der Waals surface area contributed by atoms with E-state index in [0.717, 1.165) is 5.56 Å². The molecule has 0 radical (unpaired) electrons. The van der Waals surface area contributed by atoms with Gasteiger partial charge >= 0.3 is 12.0 Å². The lowest BCUT2D eigenvalue weighted by Crippen LogP contribution is -2.24. The normalized spacial score (nSPS) is 10.6. The largest absolute Gasteiger partial charge is 0.479 e. The first-order valence-electron chi connectivity index (χ1n) is 8.34. The number of carbonyl (C=O) groups is 2. The van der Waals surface area contributed by atoms with Gasteiger partial charge in [-0.05, 0) is 43.2 Å². The summed E-state index contributed by atoms with van der Waals surface area (Å²) in [6, 6.07) is 9.96. The summed E-state index contributed by atoms with van der Waals surface area (Å²) in [6.45, 7) is 3.53. The van der Waals surface area contributed by atoms with E-state index in [-0.39, 0.29) is 29.0 Å². The Morgan fingerprint density at radius 1 is 1.18 bits per heavy atom.